The summed E-state index contributed by atoms with van der Waals surface area (Å²) in [5, 5.41) is 3.50. The number of para-hydroxylation sites is 2. The number of hydrogen-bond donors (Lipinski definition) is 1. The minimum Gasteiger partial charge on any atom is -0.383 e. The summed E-state index contributed by atoms with van der Waals surface area (Å²) in [4.78, 5) is 6.57. The van der Waals surface area contributed by atoms with Crippen molar-refractivity contribution in [1.29, 1.82) is 0 Å². The van der Waals surface area contributed by atoms with E-state index in [2.05, 4.69) is 44.0 Å². The molecule has 0 spiro atoms. The summed E-state index contributed by atoms with van der Waals surface area (Å²) < 4.78 is 2.14. The van der Waals surface area contributed by atoms with Crippen LogP contribution in [0.25, 0.3) is 0 Å². The summed E-state index contributed by atoms with van der Waals surface area (Å²) in [6, 6.07) is 8.60. The second-order valence-electron chi connectivity index (χ2n) is 4.94. The average molecular weight is 256 g/mol. The number of aryl methyl sites for hydroxylation is 1. The maximum atomic E-state index is 4.08. The van der Waals surface area contributed by atoms with Crippen LogP contribution < -0.4 is 10.2 Å². The van der Waals surface area contributed by atoms with E-state index in [0.29, 0.717) is 0 Å². The molecule has 0 amide bonds. The van der Waals surface area contributed by atoms with Crippen molar-refractivity contribution in [3.05, 3.63) is 43.0 Å². The molecular formula is C15H20N4. The van der Waals surface area contributed by atoms with Gasteiger partial charge in [-0.1, -0.05) is 12.1 Å². The van der Waals surface area contributed by atoms with Crippen LogP contribution in [0.3, 0.4) is 0 Å². The van der Waals surface area contributed by atoms with Crippen LogP contribution in [-0.2, 0) is 6.54 Å². The van der Waals surface area contributed by atoms with Crippen molar-refractivity contribution in [2.45, 2.75) is 19.4 Å². The lowest BCUT2D eigenvalue weighted by Crippen LogP contribution is -2.25. The van der Waals surface area contributed by atoms with E-state index < -0.39 is 0 Å². The van der Waals surface area contributed by atoms with Crippen molar-refractivity contribution < 1.29 is 0 Å². The van der Waals surface area contributed by atoms with E-state index in [1.807, 2.05) is 18.7 Å². The van der Waals surface area contributed by atoms with E-state index in [9.17, 15) is 0 Å². The Labute approximate surface area is 114 Å². The number of imidazole rings is 1. The Kier molecular flexibility index (Phi) is 3.68. The summed E-state index contributed by atoms with van der Waals surface area (Å²) in [7, 11) is 0. The van der Waals surface area contributed by atoms with E-state index in [1.165, 1.54) is 17.8 Å². The van der Waals surface area contributed by atoms with Crippen molar-refractivity contribution in [3.8, 4) is 0 Å². The largest absolute Gasteiger partial charge is 0.383 e. The van der Waals surface area contributed by atoms with Crippen LogP contribution in [0.1, 0.15) is 12.8 Å². The predicted molar refractivity (Wildman–Crippen MR) is 78.6 cm³/mol. The van der Waals surface area contributed by atoms with Gasteiger partial charge in [-0.25, -0.2) is 4.98 Å². The minimum atomic E-state index is 1.03. The highest BCUT2D eigenvalue weighted by atomic mass is 15.2. The van der Waals surface area contributed by atoms with Gasteiger partial charge in [0.1, 0.15) is 0 Å². The lowest BCUT2D eigenvalue weighted by molar-refractivity contribution is 0.619. The van der Waals surface area contributed by atoms with Gasteiger partial charge in [-0.15, -0.1) is 0 Å². The first-order valence-electron chi connectivity index (χ1n) is 6.97. The smallest absolute Gasteiger partial charge is 0.0945 e. The Morgan fingerprint density at radius 3 is 3.05 bits per heavy atom. The van der Waals surface area contributed by atoms with Crippen LogP contribution in [0.4, 0.5) is 11.4 Å². The lowest BCUT2D eigenvalue weighted by Gasteiger charge is -2.24. The Hall–Kier alpha value is -1.97. The van der Waals surface area contributed by atoms with Crippen LogP contribution in [0.5, 0.6) is 0 Å². The first-order chi connectivity index (χ1) is 9.43. The number of hydrogen-bond acceptors (Lipinski definition) is 3. The van der Waals surface area contributed by atoms with Crippen molar-refractivity contribution in [3.63, 3.8) is 0 Å². The third-order valence-electron chi connectivity index (χ3n) is 3.57. The SMILES string of the molecule is c1ccc2c(c1)NCCCN2CCCn1ccnc1. The summed E-state index contributed by atoms with van der Waals surface area (Å²) in [6.45, 7) is 4.33. The van der Waals surface area contributed by atoms with Gasteiger partial charge in [0.25, 0.3) is 0 Å². The van der Waals surface area contributed by atoms with Gasteiger partial charge >= 0.3 is 0 Å². The molecule has 1 aliphatic heterocycles. The van der Waals surface area contributed by atoms with Gasteiger partial charge < -0.3 is 14.8 Å². The summed E-state index contributed by atoms with van der Waals surface area (Å²) in [5.41, 5.74) is 2.60. The topological polar surface area (TPSA) is 33.1 Å². The molecule has 0 bridgehead atoms. The average Bonchev–Trinajstić information content (AvgIpc) is 2.87. The molecular weight excluding hydrogens is 236 g/mol. The molecule has 100 valence electrons. The molecule has 1 aromatic carbocycles. The van der Waals surface area contributed by atoms with Gasteiger partial charge in [-0.3, -0.25) is 0 Å². The number of fused-ring (bicyclic) bond motifs is 1. The van der Waals surface area contributed by atoms with Gasteiger partial charge in [0.15, 0.2) is 0 Å². The molecule has 0 radical (unpaired) electrons. The third kappa shape index (κ3) is 2.89. The first kappa shape index (κ1) is 12.1. The molecule has 2 aromatic rings. The molecule has 1 N–H and O–H groups in total. The molecule has 2 heterocycles. The Balaban J connectivity index is 1.63. The van der Waals surface area contributed by atoms with E-state index >= 15 is 0 Å². The van der Waals surface area contributed by atoms with Crippen molar-refractivity contribution >= 4 is 11.4 Å². The first-order valence-corrected chi connectivity index (χ1v) is 6.97. The molecule has 0 atom stereocenters. The second-order valence-corrected chi connectivity index (χ2v) is 4.94. The second kappa shape index (κ2) is 5.78. The molecule has 1 aliphatic rings. The molecule has 0 saturated heterocycles. The van der Waals surface area contributed by atoms with E-state index in [-0.39, 0.29) is 0 Å². The number of rotatable bonds is 4. The molecule has 0 unspecified atom stereocenters. The molecule has 0 aliphatic carbocycles. The Bertz CT molecular complexity index is 507. The molecule has 19 heavy (non-hydrogen) atoms. The van der Waals surface area contributed by atoms with Gasteiger partial charge in [0.05, 0.1) is 17.7 Å². The third-order valence-corrected chi connectivity index (χ3v) is 3.57. The molecule has 0 saturated carbocycles. The highest BCUT2D eigenvalue weighted by Crippen LogP contribution is 2.27. The maximum absolute atomic E-state index is 4.08. The van der Waals surface area contributed by atoms with Crippen LogP contribution in [0.15, 0.2) is 43.0 Å². The van der Waals surface area contributed by atoms with E-state index in [0.717, 1.165) is 32.6 Å². The quantitative estimate of drug-likeness (QED) is 0.912. The van der Waals surface area contributed by atoms with Gasteiger partial charge in [0, 0.05) is 38.6 Å². The Morgan fingerprint density at radius 1 is 1.21 bits per heavy atom. The molecule has 4 heteroatoms. The zero-order valence-corrected chi connectivity index (χ0v) is 11.1. The van der Waals surface area contributed by atoms with Gasteiger partial charge in [-0.05, 0) is 25.0 Å². The standard InChI is InChI=1S/C15H20N4/c1-2-6-15-14(5-1)17-7-3-10-19(15)11-4-9-18-12-8-16-13-18/h1-2,5-6,8,12-13,17H,3-4,7,9-11H2. The van der Waals surface area contributed by atoms with Gasteiger partial charge in [0.2, 0.25) is 0 Å². The highest BCUT2D eigenvalue weighted by Gasteiger charge is 2.13. The van der Waals surface area contributed by atoms with Crippen LogP contribution in [0.2, 0.25) is 0 Å². The van der Waals surface area contributed by atoms with Gasteiger partial charge in [-0.2, -0.15) is 0 Å². The number of aromatic nitrogens is 2. The van der Waals surface area contributed by atoms with E-state index in [1.54, 1.807) is 0 Å². The number of nitrogens with one attached hydrogen (secondary N) is 1. The highest BCUT2D eigenvalue weighted by molar-refractivity contribution is 5.70. The maximum Gasteiger partial charge on any atom is 0.0945 e. The predicted octanol–water partition coefficient (Wildman–Crippen LogP) is 2.60. The van der Waals surface area contributed by atoms with Crippen LogP contribution in [0, 0.1) is 0 Å². The molecule has 1 aromatic heterocycles. The fraction of sp³-hybridized carbons (Fsp3) is 0.400. The normalized spacial score (nSPS) is 14.6. The molecule has 0 fully saturated rings. The van der Waals surface area contributed by atoms with Crippen molar-refractivity contribution in [1.82, 2.24) is 9.55 Å². The summed E-state index contributed by atoms with van der Waals surface area (Å²) >= 11 is 0. The van der Waals surface area contributed by atoms with Crippen molar-refractivity contribution in [2.24, 2.45) is 0 Å². The monoisotopic (exact) mass is 256 g/mol. The summed E-state index contributed by atoms with van der Waals surface area (Å²) in [5.74, 6) is 0. The fourth-order valence-corrected chi connectivity index (χ4v) is 2.61. The fourth-order valence-electron chi connectivity index (χ4n) is 2.61. The minimum absolute atomic E-state index is 1.03. The molecule has 4 nitrogen and oxygen atoms in total. The van der Waals surface area contributed by atoms with E-state index in [4.69, 9.17) is 0 Å². The number of benzene rings is 1. The molecule has 3 rings (SSSR count). The zero-order chi connectivity index (χ0) is 12.9. The zero-order valence-electron chi connectivity index (χ0n) is 11.1. The van der Waals surface area contributed by atoms with Crippen LogP contribution in [-0.4, -0.2) is 29.2 Å². The lowest BCUT2D eigenvalue weighted by atomic mass is 10.2. The Morgan fingerprint density at radius 2 is 2.16 bits per heavy atom. The number of anilines is 2. The summed E-state index contributed by atoms with van der Waals surface area (Å²) in [6.07, 6.45) is 8.09. The number of nitrogens with zero attached hydrogens (tertiary/aromatic N) is 3. The van der Waals surface area contributed by atoms with Crippen LogP contribution >= 0.6 is 0 Å². The van der Waals surface area contributed by atoms with Crippen molar-refractivity contribution in [2.75, 3.05) is 29.9 Å².